The third-order valence-corrected chi connectivity index (χ3v) is 7.61. The number of hydrogen-bond acceptors (Lipinski definition) is 5. The van der Waals surface area contributed by atoms with E-state index in [-0.39, 0.29) is 6.04 Å². The molecule has 0 saturated carbocycles. The summed E-state index contributed by atoms with van der Waals surface area (Å²) in [6.07, 6.45) is 1.49. The van der Waals surface area contributed by atoms with E-state index in [1.165, 1.54) is 0 Å². The summed E-state index contributed by atoms with van der Waals surface area (Å²) < 4.78 is 39.8. The molecule has 0 bridgehead atoms. The van der Waals surface area contributed by atoms with Crippen molar-refractivity contribution in [1.29, 1.82) is 0 Å². The first-order chi connectivity index (χ1) is 13.6. The van der Waals surface area contributed by atoms with Crippen molar-refractivity contribution in [1.82, 2.24) is 9.21 Å². The fraction of sp³-hybridized carbons (Fsp3) is 0.524. The molecule has 2 saturated heterocycles. The Morgan fingerprint density at radius 3 is 2.36 bits per heavy atom. The van der Waals surface area contributed by atoms with Crippen molar-refractivity contribution in [2.24, 2.45) is 0 Å². The molecular formula is C21H28N2O4S. The number of rotatable bonds is 6. The van der Waals surface area contributed by atoms with Crippen LogP contribution in [0.5, 0.6) is 0 Å². The van der Waals surface area contributed by atoms with Crippen molar-refractivity contribution in [3.63, 3.8) is 0 Å². The van der Waals surface area contributed by atoms with Gasteiger partial charge in [-0.15, -0.1) is 0 Å². The lowest BCUT2D eigenvalue weighted by molar-refractivity contribution is 0.0291. The van der Waals surface area contributed by atoms with Gasteiger partial charge in [0.05, 0.1) is 18.1 Å². The summed E-state index contributed by atoms with van der Waals surface area (Å²) in [5.74, 6) is 0. The van der Waals surface area contributed by atoms with E-state index in [2.05, 4.69) is 4.90 Å². The Bertz CT molecular complexity index is 890. The van der Waals surface area contributed by atoms with Crippen LogP contribution in [-0.4, -0.2) is 76.3 Å². The molecule has 7 heteroatoms. The highest BCUT2D eigenvalue weighted by Gasteiger charge is 2.33. The van der Waals surface area contributed by atoms with Crippen LogP contribution in [0.1, 0.15) is 12.8 Å². The average molecular weight is 405 g/mol. The molecule has 2 heterocycles. The lowest BCUT2D eigenvalue weighted by Crippen LogP contribution is -2.48. The molecule has 2 aromatic carbocycles. The molecule has 28 heavy (non-hydrogen) atoms. The lowest BCUT2D eigenvalue weighted by Gasteiger charge is -2.35. The van der Waals surface area contributed by atoms with E-state index in [9.17, 15) is 8.42 Å². The molecule has 2 aromatic rings. The van der Waals surface area contributed by atoms with E-state index in [0.717, 1.165) is 43.2 Å². The maximum absolute atomic E-state index is 13.6. The summed E-state index contributed by atoms with van der Waals surface area (Å²) in [6.45, 7) is 5.62. The highest BCUT2D eigenvalue weighted by molar-refractivity contribution is 7.89. The molecule has 0 radical (unpaired) electrons. The summed E-state index contributed by atoms with van der Waals surface area (Å²) in [6, 6.07) is 13.3. The Morgan fingerprint density at radius 2 is 1.61 bits per heavy atom. The molecule has 0 unspecified atom stereocenters. The molecule has 6 nitrogen and oxygen atoms in total. The lowest BCUT2D eigenvalue weighted by atomic mass is 10.1. The van der Waals surface area contributed by atoms with Crippen molar-refractivity contribution in [3.05, 3.63) is 42.5 Å². The maximum Gasteiger partial charge on any atom is 0.243 e. The summed E-state index contributed by atoms with van der Waals surface area (Å²) >= 11 is 0. The van der Waals surface area contributed by atoms with Crippen molar-refractivity contribution in [2.75, 3.05) is 52.6 Å². The number of sulfonamides is 1. The van der Waals surface area contributed by atoms with E-state index < -0.39 is 10.0 Å². The van der Waals surface area contributed by atoms with Crippen LogP contribution in [0.3, 0.4) is 0 Å². The number of morpholine rings is 1. The van der Waals surface area contributed by atoms with Crippen LogP contribution < -0.4 is 0 Å². The van der Waals surface area contributed by atoms with Gasteiger partial charge in [-0.25, -0.2) is 8.42 Å². The van der Waals surface area contributed by atoms with Gasteiger partial charge in [0.15, 0.2) is 0 Å². The smallest absolute Gasteiger partial charge is 0.243 e. The van der Waals surface area contributed by atoms with E-state index in [1.807, 2.05) is 30.3 Å². The Hall–Kier alpha value is -1.51. The van der Waals surface area contributed by atoms with Gasteiger partial charge in [-0.05, 0) is 35.7 Å². The van der Waals surface area contributed by atoms with Crippen molar-refractivity contribution in [3.8, 4) is 0 Å². The van der Waals surface area contributed by atoms with Crippen LogP contribution >= 0.6 is 0 Å². The Morgan fingerprint density at radius 1 is 0.929 bits per heavy atom. The van der Waals surface area contributed by atoms with Gasteiger partial charge in [-0.1, -0.05) is 30.3 Å². The van der Waals surface area contributed by atoms with Crippen LogP contribution in [0.4, 0.5) is 0 Å². The zero-order chi connectivity index (χ0) is 19.4. The molecule has 0 aromatic heterocycles. The molecule has 2 aliphatic heterocycles. The topological polar surface area (TPSA) is 59.1 Å². The standard InChI is InChI=1S/C21H28N2O4S/c24-28(25,21-6-5-18-3-1-2-4-19(18)17-21)23(20-7-13-26-14-8-20)10-9-22-11-15-27-16-12-22/h1-6,17,20H,7-16H2. The first-order valence-electron chi connectivity index (χ1n) is 10.0. The van der Waals surface area contributed by atoms with E-state index in [0.29, 0.717) is 37.9 Å². The second kappa shape index (κ2) is 8.88. The SMILES string of the molecule is O=S(=O)(c1ccc2ccccc2c1)N(CCN1CCOCC1)C1CCOCC1. The third kappa shape index (κ3) is 4.39. The number of hydrogen-bond donors (Lipinski definition) is 0. The monoisotopic (exact) mass is 404 g/mol. The van der Waals surface area contributed by atoms with Gasteiger partial charge in [-0.2, -0.15) is 4.31 Å². The molecule has 0 spiro atoms. The van der Waals surface area contributed by atoms with E-state index in [1.54, 1.807) is 16.4 Å². The first kappa shape index (κ1) is 19.8. The zero-order valence-corrected chi connectivity index (χ0v) is 16.9. The summed E-state index contributed by atoms with van der Waals surface area (Å²) in [5.41, 5.74) is 0. The van der Waals surface area contributed by atoms with Crippen LogP contribution in [0.25, 0.3) is 10.8 Å². The average Bonchev–Trinajstić information content (AvgIpc) is 2.75. The summed E-state index contributed by atoms with van der Waals surface area (Å²) in [7, 11) is -3.57. The molecule has 0 atom stereocenters. The minimum atomic E-state index is -3.57. The molecule has 0 N–H and O–H groups in total. The van der Waals surface area contributed by atoms with Crippen molar-refractivity contribution >= 4 is 20.8 Å². The fourth-order valence-electron chi connectivity index (χ4n) is 4.00. The van der Waals surface area contributed by atoms with Crippen LogP contribution in [0, 0.1) is 0 Å². The highest BCUT2D eigenvalue weighted by Crippen LogP contribution is 2.26. The molecule has 2 fully saturated rings. The summed E-state index contributed by atoms with van der Waals surface area (Å²) in [4.78, 5) is 2.66. The first-order valence-corrected chi connectivity index (χ1v) is 11.5. The van der Waals surface area contributed by atoms with Gasteiger partial charge >= 0.3 is 0 Å². The van der Waals surface area contributed by atoms with Gasteiger partial charge in [0.25, 0.3) is 0 Å². The predicted octanol–water partition coefficient (Wildman–Crippen LogP) is 2.34. The van der Waals surface area contributed by atoms with Crippen LogP contribution in [0.2, 0.25) is 0 Å². The molecule has 0 amide bonds. The predicted molar refractivity (Wildman–Crippen MR) is 109 cm³/mol. The quantitative estimate of drug-likeness (QED) is 0.740. The highest BCUT2D eigenvalue weighted by atomic mass is 32.2. The second-order valence-electron chi connectivity index (χ2n) is 7.42. The molecule has 152 valence electrons. The van der Waals surface area contributed by atoms with Gasteiger partial charge in [0, 0.05) is 45.4 Å². The number of nitrogens with zero attached hydrogens (tertiary/aromatic N) is 2. The van der Waals surface area contributed by atoms with Crippen molar-refractivity contribution < 1.29 is 17.9 Å². The largest absolute Gasteiger partial charge is 0.381 e. The normalized spacial score (nSPS) is 20.0. The van der Waals surface area contributed by atoms with Gasteiger partial charge in [-0.3, -0.25) is 4.90 Å². The minimum absolute atomic E-state index is 0.00809. The maximum atomic E-state index is 13.6. The fourth-order valence-corrected chi connectivity index (χ4v) is 5.71. The third-order valence-electron chi connectivity index (χ3n) is 5.67. The minimum Gasteiger partial charge on any atom is -0.381 e. The zero-order valence-electron chi connectivity index (χ0n) is 16.1. The van der Waals surface area contributed by atoms with Crippen LogP contribution in [-0.2, 0) is 19.5 Å². The van der Waals surface area contributed by atoms with Gasteiger partial charge < -0.3 is 9.47 Å². The Labute approximate surface area is 167 Å². The molecule has 2 aliphatic rings. The van der Waals surface area contributed by atoms with Crippen molar-refractivity contribution in [2.45, 2.75) is 23.8 Å². The number of fused-ring (bicyclic) bond motifs is 1. The van der Waals surface area contributed by atoms with E-state index in [4.69, 9.17) is 9.47 Å². The van der Waals surface area contributed by atoms with Gasteiger partial charge in [0.1, 0.15) is 0 Å². The van der Waals surface area contributed by atoms with Gasteiger partial charge in [0.2, 0.25) is 10.0 Å². The van der Waals surface area contributed by atoms with E-state index >= 15 is 0 Å². The second-order valence-corrected chi connectivity index (χ2v) is 9.31. The Kier molecular flexibility index (Phi) is 6.28. The molecule has 4 rings (SSSR count). The van der Waals surface area contributed by atoms with Crippen LogP contribution in [0.15, 0.2) is 47.4 Å². The molecular weight excluding hydrogens is 376 g/mol. The number of benzene rings is 2. The summed E-state index contributed by atoms with van der Waals surface area (Å²) in [5, 5.41) is 2.00. The molecule has 0 aliphatic carbocycles. The number of ether oxygens (including phenoxy) is 2. The Balaban J connectivity index is 1.60.